The Morgan fingerprint density at radius 1 is 0.962 bits per heavy atom. The monoisotopic (exact) mass is 418 g/mol. The lowest BCUT2D eigenvalue weighted by Crippen LogP contribution is -2.16. The fourth-order valence-corrected chi connectivity index (χ4v) is 5.40. The normalized spacial score (nSPS) is 13.5. The summed E-state index contributed by atoms with van der Waals surface area (Å²) < 4.78 is 62.9. The molecule has 1 unspecified atom stereocenters. The fraction of sp³-hybridized carbons (Fsp3) is 0.333. The molecule has 0 aromatic heterocycles. The van der Waals surface area contributed by atoms with E-state index in [4.69, 9.17) is 11.6 Å². The number of unbranched alkanes of at least 4 members (excludes halogenated alkanes) is 1. The maximum Gasteiger partial charge on any atom is 0.185 e. The van der Waals surface area contributed by atoms with Crippen molar-refractivity contribution >= 4 is 31.3 Å². The molecule has 26 heavy (non-hydrogen) atoms. The fourth-order valence-electron chi connectivity index (χ4n) is 2.70. The van der Waals surface area contributed by atoms with Gasteiger partial charge in [-0.15, -0.1) is 0 Å². The van der Waals surface area contributed by atoms with Crippen LogP contribution in [0.3, 0.4) is 0 Å². The van der Waals surface area contributed by atoms with Crippen molar-refractivity contribution in [3.63, 3.8) is 0 Å². The van der Waals surface area contributed by atoms with Crippen LogP contribution in [0.4, 0.5) is 4.39 Å². The van der Waals surface area contributed by atoms with E-state index in [1.54, 1.807) is 6.07 Å². The van der Waals surface area contributed by atoms with E-state index in [-0.39, 0.29) is 22.6 Å². The topological polar surface area (TPSA) is 68.3 Å². The van der Waals surface area contributed by atoms with Gasteiger partial charge in [-0.05, 0) is 43.2 Å². The average molecular weight is 419 g/mol. The number of rotatable bonds is 8. The van der Waals surface area contributed by atoms with Gasteiger partial charge in [0, 0.05) is 22.6 Å². The molecule has 0 bridgehead atoms. The lowest BCUT2D eigenvalue weighted by Gasteiger charge is -2.19. The Kier molecular flexibility index (Phi) is 6.82. The third kappa shape index (κ3) is 5.53. The average Bonchev–Trinajstić information content (AvgIpc) is 2.55. The SMILES string of the molecule is CS(=O)(=O)CCCCC(c1ccccc1F)S(=O)(=O)c1ccc(Cl)cc1. The van der Waals surface area contributed by atoms with Gasteiger partial charge in [0.2, 0.25) is 0 Å². The van der Waals surface area contributed by atoms with Crippen molar-refractivity contribution in [2.75, 3.05) is 12.0 Å². The van der Waals surface area contributed by atoms with Crippen LogP contribution in [0.2, 0.25) is 5.02 Å². The van der Waals surface area contributed by atoms with E-state index in [9.17, 15) is 21.2 Å². The molecule has 142 valence electrons. The van der Waals surface area contributed by atoms with Crippen LogP contribution in [-0.4, -0.2) is 28.8 Å². The number of benzene rings is 2. The molecule has 2 aromatic rings. The summed E-state index contributed by atoms with van der Waals surface area (Å²) >= 11 is 5.82. The zero-order chi connectivity index (χ0) is 19.4. The van der Waals surface area contributed by atoms with Gasteiger partial charge >= 0.3 is 0 Å². The Bertz CT molecular complexity index is 955. The predicted octanol–water partition coefficient (Wildman–Crippen LogP) is 4.21. The first-order chi connectivity index (χ1) is 12.1. The predicted molar refractivity (Wildman–Crippen MR) is 101 cm³/mol. The highest BCUT2D eigenvalue weighted by molar-refractivity contribution is 7.91. The van der Waals surface area contributed by atoms with Crippen molar-refractivity contribution in [3.05, 3.63) is 64.9 Å². The van der Waals surface area contributed by atoms with Crippen LogP contribution in [0.5, 0.6) is 0 Å². The van der Waals surface area contributed by atoms with Gasteiger partial charge in [-0.2, -0.15) is 0 Å². The highest BCUT2D eigenvalue weighted by atomic mass is 35.5. The van der Waals surface area contributed by atoms with Crippen molar-refractivity contribution in [1.29, 1.82) is 0 Å². The zero-order valence-electron chi connectivity index (χ0n) is 14.2. The summed E-state index contributed by atoms with van der Waals surface area (Å²) in [7, 11) is -6.98. The maximum absolute atomic E-state index is 14.3. The molecule has 0 fully saturated rings. The molecule has 0 N–H and O–H groups in total. The Hall–Kier alpha value is -1.44. The van der Waals surface area contributed by atoms with Crippen LogP contribution < -0.4 is 0 Å². The molecule has 8 heteroatoms. The second kappa shape index (κ2) is 8.50. The molecule has 2 aromatic carbocycles. The van der Waals surface area contributed by atoms with Crippen molar-refractivity contribution in [2.45, 2.75) is 29.4 Å². The van der Waals surface area contributed by atoms with Crippen LogP contribution in [0.15, 0.2) is 53.4 Å². The molecule has 2 rings (SSSR count). The van der Waals surface area contributed by atoms with E-state index >= 15 is 0 Å². The molecule has 0 saturated heterocycles. The van der Waals surface area contributed by atoms with Crippen LogP contribution >= 0.6 is 11.6 Å². The van der Waals surface area contributed by atoms with Gasteiger partial charge in [0.05, 0.1) is 10.1 Å². The summed E-state index contributed by atoms with van der Waals surface area (Å²) in [6.45, 7) is 0. The summed E-state index contributed by atoms with van der Waals surface area (Å²) in [4.78, 5) is 0.0540. The molecule has 0 aliphatic carbocycles. The summed E-state index contributed by atoms with van der Waals surface area (Å²) in [6.07, 6.45) is 1.92. The third-order valence-corrected chi connectivity index (χ3v) is 7.45. The molecular formula is C18H20ClFO4S2. The first-order valence-electron chi connectivity index (χ1n) is 8.03. The summed E-state index contributed by atoms with van der Waals surface area (Å²) in [5, 5.41) is -0.691. The van der Waals surface area contributed by atoms with E-state index in [1.807, 2.05) is 0 Å². The molecule has 4 nitrogen and oxygen atoms in total. The molecular weight excluding hydrogens is 399 g/mol. The molecule has 0 saturated carbocycles. The quantitative estimate of drug-likeness (QED) is 0.602. The molecule has 0 spiro atoms. The Morgan fingerprint density at radius 2 is 1.58 bits per heavy atom. The number of sulfone groups is 2. The van der Waals surface area contributed by atoms with Gasteiger partial charge in [-0.1, -0.05) is 36.2 Å². The van der Waals surface area contributed by atoms with Gasteiger partial charge in [-0.25, -0.2) is 21.2 Å². The third-order valence-electron chi connectivity index (χ3n) is 4.00. The minimum atomic E-state index is -3.86. The Labute approximate surface area is 158 Å². The maximum atomic E-state index is 14.3. The van der Waals surface area contributed by atoms with Crippen LogP contribution in [0.25, 0.3) is 0 Å². The van der Waals surface area contributed by atoms with Gasteiger partial charge in [0.1, 0.15) is 15.7 Å². The van der Waals surface area contributed by atoms with E-state index in [1.165, 1.54) is 42.5 Å². The van der Waals surface area contributed by atoms with Gasteiger partial charge in [0.25, 0.3) is 0 Å². The summed E-state index contributed by atoms with van der Waals surface area (Å²) in [5.74, 6) is -0.629. The molecule has 0 aliphatic rings. The molecule has 0 amide bonds. The van der Waals surface area contributed by atoms with Crippen molar-refractivity contribution < 1.29 is 21.2 Å². The van der Waals surface area contributed by atoms with Crippen LogP contribution in [0.1, 0.15) is 30.1 Å². The highest BCUT2D eigenvalue weighted by Crippen LogP contribution is 2.35. The number of hydrogen-bond acceptors (Lipinski definition) is 4. The van der Waals surface area contributed by atoms with E-state index in [0.717, 1.165) is 6.26 Å². The summed E-state index contributed by atoms with van der Waals surface area (Å²) in [5.41, 5.74) is 0.0850. The van der Waals surface area contributed by atoms with Gasteiger partial charge < -0.3 is 0 Å². The minimum absolute atomic E-state index is 0.0298. The van der Waals surface area contributed by atoms with E-state index < -0.39 is 30.7 Å². The number of hydrogen-bond donors (Lipinski definition) is 0. The number of halogens is 2. The van der Waals surface area contributed by atoms with Crippen LogP contribution in [-0.2, 0) is 19.7 Å². The first kappa shape index (κ1) is 20.9. The second-order valence-electron chi connectivity index (χ2n) is 6.13. The van der Waals surface area contributed by atoms with Crippen molar-refractivity contribution in [1.82, 2.24) is 0 Å². The molecule has 0 heterocycles. The van der Waals surface area contributed by atoms with Crippen molar-refractivity contribution in [3.8, 4) is 0 Å². The lowest BCUT2D eigenvalue weighted by atomic mass is 10.1. The minimum Gasteiger partial charge on any atom is -0.229 e. The summed E-state index contributed by atoms with van der Waals surface area (Å²) in [6, 6.07) is 11.5. The first-order valence-corrected chi connectivity index (χ1v) is 12.0. The van der Waals surface area contributed by atoms with E-state index in [2.05, 4.69) is 0 Å². The lowest BCUT2D eigenvalue weighted by molar-refractivity contribution is 0.550. The van der Waals surface area contributed by atoms with Crippen molar-refractivity contribution in [2.24, 2.45) is 0 Å². The van der Waals surface area contributed by atoms with Crippen LogP contribution in [0, 0.1) is 5.82 Å². The van der Waals surface area contributed by atoms with Gasteiger partial charge in [0.15, 0.2) is 9.84 Å². The second-order valence-corrected chi connectivity index (χ2v) is 11.0. The Morgan fingerprint density at radius 3 is 2.15 bits per heavy atom. The smallest absolute Gasteiger partial charge is 0.185 e. The molecule has 0 aliphatic heterocycles. The van der Waals surface area contributed by atoms with Gasteiger partial charge in [-0.3, -0.25) is 0 Å². The highest BCUT2D eigenvalue weighted by Gasteiger charge is 2.30. The molecule has 0 radical (unpaired) electrons. The largest absolute Gasteiger partial charge is 0.229 e. The zero-order valence-corrected chi connectivity index (χ0v) is 16.6. The molecule has 1 atom stereocenters. The standard InChI is InChI=1S/C18H20ClFO4S2/c1-25(21,22)13-5-4-8-18(16-6-2-3-7-17(16)20)26(23,24)15-11-9-14(19)10-12-15/h2-3,6-7,9-12,18H,4-5,8,13H2,1H3. The van der Waals surface area contributed by atoms with E-state index in [0.29, 0.717) is 17.9 Å². The Balaban J connectivity index is 2.34.